The zero-order valence-electron chi connectivity index (χ0n) is 16.7. The Labute approximate surface area is 176 Å². The van der Waals surface area contributed by atoms with Gasteiger partial charge in [0.25, 0.3) is 0 Å². The van der Waals surface area contributed by atoms with Gasteiger partial charge < -0.3 is 10.6 Å². The van der Waals surface area contributed by atoms with Crippen LogP contribution < -0.4 is 10.6 Å². The molecule has 0 fully saturated rings. The van der Waals surface area contributed by atoms with Gasteiger partial charge in [0.1, 0.15) is 17.5 Å². The van der Waals surface area contributed by atoms with Gasteiger partial charge in [0, 0.05) is 24.8 Å². The smallest absolute Gasteiger partial charge is 0.370 e. The van der Waals surface area contributed by atoms with E-state index in [1.165, 1.54) is 12.1 Å². The molecule has 0 saturated heterocycles. The molecule has 9 heteroatoms. The van der Waals surface area contributed by atoms with Crippen molar-refractivity contribution in [3.05, 3.63) is 59.8 Å². The van der Waals surface area contributed by atoms with Crippen LogP contribution in [0.1, 0.15) is 18.1 Å². The van der Waals surface area contributed by atoms with Crippen molar-refractivity contribution in [3.8, 4) is 17.2 Å². The largest absolute Gasteiger partial charge is 0.416 e. The second-order valence-corrected chi connectivity index (χ2v) is 6.90. The molecule has 4 aromatic rings. The molecule has 0 atom stereocenters. The highest BCUT2D eigenvalue weighted by atomic mass is 19.4. The van der Waals surface area contributed by atoms with Gasteiger partial charge in [-0.1, -0.05) is 19.1 Å². The highest BCUT2D eigenvalue weighted by Gasteiger charge is 2.30. The SMILES string of the molecule is CCNCCNc1cc(-c2ccc(C(F)(F)F)cc2)c(C#N)c2nc3ncccc3n12. The van der Waals surface area contributed by atoms with E-state index in [-0.39, 0.29) is 5.56 Å². The molecular weight excluding hydrogens is 405 g/mol. The molecule has 3 aromatic heterocycles. The summed E-state index contributed by atoms with van der Waals surface area (Å²) in [6, 6.07) is 12.4. The van der Waals surface area contributed by atoms with Crippen LogP contribution in [0.4, 0.5) is 19.0 Å². The Morgan fingerprint density at radius 3 is 2.58 bits per heavy atom. The highest BCUT2D eigenvalue weighted by molar-refractivity contribution is 5.88. The van der Waals surface area contributed by atoms with E-state index in [2.05, 4.69) is 26.7 Å². The zero-order valence-corrected chi connectivity index (χ0v) is 16.7. The molecule has 6 nitrogen and oxygen atoms in total. The molecular formula is C22H19F3N6. The van der Waals surface area contributed by atoms with Gasteiger partial charge in [-0.3, -0.25) is 4.40 Å². The summed E-state index contributed by atoms with van der Waals surface area (Å²) >= 11 is 0. The Hall–Kier alpha value is -3.64. The number of rotatable bonds is 6. The molecule has 1 aromatic carbocycles. The van der Waals surface area contributed by atoms with Gasteiger partial charge in [-0.15, -0.1) is 0 Å². The van der Waals surface area contributed by atoms with Gasteiger partial charge in [-0.05, 0) is 42.4 Å². The average molecular weight is 424 g/mol. The first-order valence-electron chi connectivity index (χ1n) is 9.76. The van der Waals surface area contributed by atoms with Crippen molar-refractivity contribution in [2.45, 2.75) is 13.1 Å². The molecule has 0 aliphatic rings. The van der Waals surface area contributed by atoms with E-state index < -0.39 is 11.7 Å². The Balaban J connectivity index is 1.91. The number of nitrogens with zero attached hydrogens (tertiary/aromatic N) is 4. The van der Waals surface area contributed by atoms with Crippen LogP contribution in [0.3, 0.4) is 0 Å². The van der Waals surface area contributed by atoms with Crippen LogP contribution in [0.15, 0.2) is 48.7 Å². The van der Waals surface area contributed by atoms with Gasteiger partial charge in [0.05, 0.1) is 11.1 Å². The standard InChI is InChI=1S/C22H19F3N6/c1-2-27-10-11-28-19-12-16(14-5-7-15(8-6-14)22(23,24)25)17(13-26)21-30-20-18(31(19)21)4-3-9-29-20/h3-9,12,27-28H,2,10-11H2,1H3. The normalized spacial score (nSPS) is 11.7. The van der Waals surface area contributed by atoms with Crippen LogP contribution in [0.2, 0.25) is 0 Å². The number of pyridine rings is 2. The summed E-state index contributed by atoms with van der Waals surface area (Å²) in [5.74, 6) is 0.678. The monoisotopic (exact) mass is 424 g/mol. The van der Waals surface area contributed by atoms with E-state index in [0.29, 0.717) is 34.8 Å². The molecule has 0 bridgehead atoms. The number of halogens is 3. The van der Waals surface area contributed by atoms with Crippen molar-refractivity contribution < 1.29 is 13.2 Å². The summed E-state index contributed by atoms with van der Waals surface area (Å²) in [5.41, 5.74) is 2.16. The lowest BCUT2D eigenvalue weighted by Crippen LogP contribution is -2.22. The number of nitrogens with one attached hydrogen (secondary N) is 2. The molecule has 0 saturated carbocycles. The minimum absolute atomic E-state index is 0.273. The fourth-order valence-corrected chi connectivity index (χ4v) is 3.48. The van der Waals surface area contributed by atoms with E-state index in [1.807, 2.05) is 17.4 Å². The van der Waals surface area contributed by atoms with Crippen LogP contribution in [0, 0.1) is 11.3 Å². The number of imidazole rings is 1. The first-order valence-corrected chi connectivity index (χ1v) is 9.76. The van der Waals surface area contributed by atoms with Crippen molar-refractivity contribution >= 4 is 22.6 Å². The number of anilines is 1. The minimum Gasteiger partial charge on any atom is -0.370 e. The third-order valence-corrected chi connectivity index (χ3v) is 4.94. The van der Waals surface area contributed by atoms with E-state index in [4.69, 9.17) is 0 Å². The van der Waals surface area contributed by atoms with Crippen molar-refractivity contribution in [2.75, 3.05) is 25.0 Å². The maximum absolute atomic E-state index is 13.0. The number of fused-ring (bicyclic) bond motifs is 3. The second kappa shape index (κ2) is 8.24. The van der Waals surface area contributed by atoms with Crippen LogP contribution in [-0.4, -0.2) is 34.0 Å². The van der Waals surface area contributed by atoms with Crippen LogP contribution >= 0.6 is 0 Å². The van der Waals surface area contributed by atoms with Crippen molar-refractivity contribution in [2.24, 2.45) is 0 Å². The predicted molar refractivity (Wildman–Crippen MR) is 113 cm³/mol. The number of aromatic nitrogens is 3. The van der Waals surface area contributed by atoms with E-state index in [1.54, 1.807) is 18.3 Å². The van der Waals surface area contributed by atoms with E-state index >= 15 is 0 Å². The molecule has 31 heavy (non-hydrogen) atoms. The van der Waals surface area contributed by atoms with Gasteiger partial charge in [0.2, 0.25) is 0 Å². The molecule has 0 amide bonds. The van der Waals surface area contributed by atoms with Crippen LogP contribution in [0.25, 0.3) is 27.9 Å². The summed E-state index contributed by atoms with van der Waals surface area (Å²) in [6.45, 7) is 4.18. The Morgan fingerprint density at radius 2 is 1.90 bits per heavy atom. The van der Waals surface area contributed by atoms with Crippen molar-refractivity contribution in [3.63, 3.8) is 0 Å². The molecule has 0 radical (unpaired) electrons. The molecule has 4 rings (SSSR count). The van der Waals surface area contributed by atoms with Gasteiger partial charge in [-0.25, -0.2) is 9.97 Å². The minimum atomic E-state index is -4.42. The lowest BCUT2D eigenvalue weighted by Gasteiger charge is -2.15. The van der Waals surface area contributed by atoms with E-state index in [0.717, 1.165) is 30.7 Å². The molecule has 2 N–H and O–H groups in total. The van der Waals surface area contributed by atoms with Gasteiger partial charge in [0.15, 0.2) is 11.3 Å². The lowest BCUT2D eigenvalue weighted by molar-refractivity contribution is -0.137. The lowest BCUT2D eigenvalue weighted by atomic mass is 10.00. The fourth-order valence-electron chi connectivity index (χ4n) is 3.48. The molecule has 0 aliphatic heterocycles. The number of hydrogen-bond acceptors (Lipinski definition) is 5. The summed E-state index contributed by atoms with van der Waals surface area (Å²) in [7, 11) is 0. The fraction of sp³-hybridized carbons (Fsp3) is 0.227. The Kier molecular flexibility index (Phi) is 5.48. The van der Waals surface area contributed by atoms with Crippen molar-refractivity contribution in [1.82, 2.24) is 19.7 Å². The number of likely N-dealkylation sites (N-methyl/N-ethyl adjacent to an activating group) is 1. The number of benzene rings is 1. The quantitative estimate of drug-likeness (QED) is 0.447. The first kappa shape index (κ1) is 20.6. The van der Waals surface area contributed by atoms with Gasteiger partial charge in [-0.2, -0.15) is 18.4 Å². The number of nitriles is 1. The molecule has 3 heterocycles. The zero-order chi connectivity index (χ0) is 22.0. The van der Waals surface area contributed by atoms with Crippen molar-refractivity contribution in [1.29, 1.82) is 5.26 Å². The summed E-state index contributed by atoms with van der Waals surface area (Å²) in [5, 5.41) is 16.5. The Morgan fingerprint density at radius 1 is 1.13 bits per heavy atom. The summed E-state index contributed by atoms with van der Waals surface area (Å²) in [4.78, 5) is 8.81. The third kappa shape index (κ3) is 3.90. The molecule has 0 spiro atoms. The topological polar surface area (TPSA) is 78.0 Å². The number of hydrogen-bond donors (Lipinski definition) is 2. The van der Waals surface area contributed by atoms with Gasteiger partial charge >= 0.3 is 6.18 Å². The average Bonchev–Trinajstić information content (AvgIpc) is 3.15. The second-order valence-electron chi connectivity index (χ2n) is 6.90. The Bertz CT molecular complexity index is 1270. The third-order valence-electron chi connectivity index (χ3n) is 4.94. The maximum atomic E-state index is 13.0. The van der Waals surface area contributed by atoms with Crippen LogP contribution in [-0.2, 0) is 6.18 Å². The highest BCUT2D eigenvalue weighted by Crippen LogP contribution is 2.35. The molecule has 158 valence electrons. The predicted octanol–water partition coefficient (Wildman–Crippen LogP) is 4.46. The number of alkyl halides is 3. The van der Waals surface area contributed by atoms with Crippen LogP contribution in [0.5, 0.6) is 0 Å². The maximum Gasteiger partial charge on any atom is 0.416 e. The van der Waals surface area contributed by atoms with E-state index in [9.17, 15) is 18.4 Å². The first-order chi connectivity index (χ1) is 14.9. The molecule has 0 unspecified atom stereocenters. The summed E-state index contributed by atoms with van der Waals surface area (Å²) < 4.78 is 40.7. The molecule has 0 aliphatic carbocycles. The summed E-state index contributed by atoms with van der Waals surface area (Å²) in [6.07, 6.45) is -2.80.